The number of aromatic nitrogens is 1. The van der Waals surface area contributed by atoms with Gasteiger partial charge in [-0.15, -0.1) is 0 Å². The van der Waals surface area contributed by atoms with Crippen LogP contribution in [0.25, 0.3) is 0 Å². The fourth-order valence-corrected chi connectivity index (χ4v) is 1.92. The largest absolute Gasteiger partial charge is 0.419 e. The van der Waals surface area contributed by atoms with Crippen molar-refractivity contribution in [1.29, 1.82) is 0 Å². The highest BCUT2D eigenvalue weighted by molar-refractivity contribution is 9.10. The summed E-state index contributed by atoms with van der Waals surface area (Å²) in [5.41, 5.74) is -0.329. The van der Waals surface area contributed by atoms with E-state index in [2.05, 4.69) is 26.2 Å². The van der Waals surface area contributed by atoms with E-state index in [1.54, 1.807) is 6.07 Å². The van der Waals surface area contributed by atoms with Gasteiger partial charge in [-0.05, 0) is 52.7 Å². The van der Waals surface area contributed by atoms with Crippen molar-refractivity contribution in [3.8, 4) is 0 Å². The SMILES string of the molecule is Cc1ccnc(Nc2ccc(F)c(C(F)(F)F)c2)c1Br. The van der Waals surface area contributed by atoms with Gasteiger partial charge in [0.15, 0.2) is 0 Å². The molecule has 7 heteroatoms. The van der Waals surface area contributed by atoms with Crippen molar-refractivity contribution < 1.29 is 17.6 Å². The van der Waals surface area contributed by atoms with Gasteiger partial charge >= 0.3 is 6.18 Å². The predicted octanol–water partition coefficient (Wildman–Crippen LogP) is 5.05. The van der Waals surface area contributed by atoms with Crippen LogP contribution in [-0.2, 0) is 6.18 Å². The van der Waals surface area contributed by atoms with Gasteiger partial charge in [0.2, 0.25) is 0 Å². The molecule has 2 aromatic rings. The quantitative estimate of drug-likeness (QED) is 0.767. The molecule has 0 atom stereocenters. The molecule has 0 aliphatic rings. The zero-order valence-corrected chi connectivity index (χ0v) is 11.8. The van der Waals surface area contributed by atoms with Gasteiger partial charge in [0, 0.05) is 11.9 Å². The Morgan fingerprint density at radius 2 is 1.90 bits per heavy atom. The Labute approximate surface area is 121 Å². The molecule has 106 valence electrons. The number of alkyl halides is 3. The number of hydrogen-bond donors (Lipinski definition) is 1. The van der Waals surface area contributed by atoms with E-state index >= 15 is 0 Å². The number of rotatable bonds is 2. The Balaban J connectivity index is 2.38. The monoisotopic (exact) mass is 348 g/mol. The molecule has 1 heterocycles. The number of nitrogens with one attached hydrogen (secondary N) is 1. The molecule has 0 aliphatic heterocycles. The van der Waals surface area contributed by atoms with Crippen LogP contribution in [0.5, 0.6) is 0 Å². The first-order chi connectivity index (χ1) is 9.29. The summed E-state index contributed by atoms with van der Waals surface area (Å²) in [7, 11) is 0. The van der Waals surface area contributed by atoms with Crippen LogP contribution in [0.1, 0.15) is 11.1 Å². The van der Waals surface area contributed by atoms with Gasteiger partial charge in [-0.25, -0.2) is 9.37 Å². The van der Waals surface area contributed by atoms with Gasteiger partial charge in [0.05, 0.1) is 10.0 Å². The molecular formula is C13H9BrF4N2. The van der Waals surface area contributed by atoms with Gasteiger partial charge in [0.1, 0.15) is 11.6 Å². The van der Waals surface area contributed by atoms with Crippen LogP contribution in [0.2, 0.25) is 0 Å². The number of hydrogen-bond acceptors (Lipinski definition) is 2. The van der Waals surface area contributed by atoms with E-state index in [4.69, 9.17) is 0 Å². The number of benzene rings is 1. The fourth-order valence-electron chi connectivity index (χ4n) is 1.58. The lowest BCUT2D eigenvalue weighted by molar-refractivity contribution is -0.139. The second kappa shape index (κ2) is 5.40. The number of aryl methyl sites for hydroxylation is 1. The average Bonchev–Trinajstić information content (AvgIpc) is 2.36. The minimum atomic E-state index is -4.74. The first-order valence-corrected chi connectivity index (χ1v) is 6.33. The van der Waals surface area contributed by atoms with Crippen molar-refractivity contribution in [3.05, 3.63) is 51.9 Å². The maximum Gasteiger partial charge on any atom is 0.419 e. The van der Waals surface area contributed by atoms with Crippen molar-refractivity contribution >= 4 is 27.4 Å². The molecule has 0 fully saturated rings. The Hall–Kier alpha value is -1.63. The van der Waals surface area contributed by atoms with Gasteiger partial charge in [-0.2, -0.15) is 13.2 Å². The lowest BCUT2D eigenvalue weighted by Crippen LogP contribution is -2.08. The summed E-state index contributed by atoms with van der Waals surface area (Å²) >= 11 is 3.29. The number of anilines is 2. The summed E-state index contributed by atoms with van der Waals surface area (Å²) in [6, 6.07) is 4.46. The third kappa shape index (κ3) is 3.09. The molecule has 0 unspecified atom stereocenters. The molecule has 1 aromatic carbocycles. The van der Waals surface area contributed by atoms with Crippen molar-refractivity contribution in [3.63, 3.8) is 0 Å². The first-order valence-electron chi connectivity index (χ1n) is 5.54. The van der Waals surface area contributed by atoms with Crippen LogP contribution in [0.15, 0.2) is 34.9 Å². The second-order valence-electron chi connectivity index (χ2n) is 4.11. The molecule has 0 aliphatic carbocycles. The lowest BCUT2D eigenvalue weighted by Gasteiger charge is -2.12. The Bertz CT molecular complexity index is 641. The van der Waals surface area contributed by atoms with Crippen LogP contribution >= 0.6 is 15.9 Å². The van der Waals surface area contributed by atoms with E-state index in [-0.39, 0.29) is 5.69 Å². The molecule has 0 radical (unpaired) electrons. The summed E-state index contributed by atoms with van der Waals surface area (Å²) in [4.78, 5) is 4.02. The van der Waals surface area contributed by atoms with Gasteiger partial charge in [-0.1, -0.05) is 0 Å². The van der Waals surface area contributed by atoms with E-state index in [1.165, 1.54) is 12.3 Å². The van der Waals surface area contributed by atoms with Crippen LogP contribution in [-0.4, -0.2) is 4.98 Å². The third-order valence-electron chi connectivity index (χ3n) is 2.62. The lowest BCUT2D eigenvalue weighted by atomic mass is 10.1. The Morgan fingerprint density at radius 3 is 2.55 bits per heavy atom. The van der Waals surface area contributed by atoms with Gasteiger partial charge in [0.25, 0.3) is 0 Å². The number of nitrogens with zero attached hydrogens (tertiary/aromatic N) is 1. The minimum absolute atomic E-state index is 0.109. The zero-order chi connectivity index (χ0) is 14.9. The molecule has 20 heavy (non-hydrogen) atoms. The van der Waals surface area contributed by atoms with E-state index in [0.29, 0.717) is 16.4 Å². The zero-order valence-electron chi connectivity index (χ0n) is 10.2. The second-order valence-corrected chi connectivity index (χ2v) is 4.90. The molecule has 0 spiro atoms. The highest BCUT2D eigenvalue weighted by Gasteiger charge is 2.34. The molecule has 0 amide bonds. The van der Waals surface area contributed by atoms with Gasteiger partial charge < -0.3 is 5.32 Å². The van der Waals surface area contributed by atoms with E-state index in [9.17, 15) is 17.6 Å². The summed E-state index contributed by atoms with van der Waals surface area (Å²) in [6.45, 7) is 1.82. The van der Waals surface area contributed by atoms with Crippen LogP contribution in [0, 0.1) is 12.7 Å². The molecular weight excluding hydrogens is 340 g/mol. The molecule has 0 saturated heterocycles. The van der Waals surface area contributed by atoms with E-state index in [1.807, 2.05) is 6.92 Å². The molecule has 2 nitrogen and oxygen atoms in total. The number of halogens is 5. The molecule has 1 aromatic heterocycles. The summed E-state index contributed by atoms with van der Waals surface area (Å²) in [5.74, 6) is -0.941. The normalized spacial score (nSPS) is 11.5. The standard InChI is InChI=1S/C13H9BrF4N2/c1-7-4-5-19-12(11(7)14)20-8-2-3-10(15)9(6-8)13(16,17)18/h2-6H,1H3,(H,19,20). The Kier molecular flexibility index (Phi) is 3.99. The third-order valence-corrected chi connectivity index (χ3v) is 3.62. The fraction of sp³-hybridized carbons (Fsp3) is 0.154. The maximum absolute atomic E-state index is 13.2. The smallest absolute Gasteiger partial charge is 0.339 e. The summed E-state index contributed by atoms with van der Waals surface area (Å²) in [6.07, 6.45) is -3.21. The first kappa shape index (κ1) is 14.8. The van der Waals surface area contributed by atoms with E-state index in [0.717, 1.165) is 11.6 Å². The van der Waals surface area contributed by atoms with E-state index < -0.39 is 17.6 Å². The predicted molar refractivity (Wildman–Crippen MR) is 71.4 cm³/mol. The molecule has 0 saturated carbocycles. The highest BCUT2D eigenvalue weighted by Crippen LogP contribution is 2.34. The summed E-state index contributed by atoms with van der Waals surface area (Å²) < 4.78 is 51.7. The van der Waals surface area contributed by atoms with Crippen LogP contribution in [0.3, 0.4) is 0 Å². The van der Waals surface area contributed by atoms with Gasteiger partial charge in [-0.3, -0.25) is 0 Å². The highest BCUT2D eigenvalue weighted by atomic mass is 79.9. The molecule has 1 N–H and O–H groups in total. The van der Waals surface area contributed by atoms with Crippen LogP contribution in [0.4, 0.5) is 29.1 Å². The minimum Gasteiger partial charge on any atom is -0.339 e. The summed E-state index contributed by atoms with van der Waals surface area (Å²) in [5, 5.41) is 2.73. The van der Waals surface area contributed by atoms with Crippen molar-refractivity contribution in [2.75, 3.05) is 5.32 Å². The topological polar surface area (TPSA) is 24.9 Å². The van der Waals surface area contributed by atoms with Crippen molar-refractivity contribution in [2.45, 2.75) is 13.1 Å². The van der Waals surface area contributed by atoms with Crippen molar-refractivity contribution in [2.24, 2.45) is 0 Å². The van der Waals surface area contributed by atoms with Crippen LogP contribution < -0.4 is 5.32 Å². The number of pyridine rings is 1. The maximum atomic E-state index is 13.2. The molecule has 2 rings (SSSR count). The Morgan fingerprint density at radius 1 is 1.20 bits per heavy atom. The average molecular weight is 349 g/mol. The molecule has 0 bridgehead atoms. The van der Waals surface area contributed by atoms with Crippen molar-refractivity contribution in [1.82, 2.24) is 4.98 Å².